The Balaban J connectivity index is 4.59. The molecule has 0 saturated carbocycles. The molecule has 0 spiro atoms. The molecule has 7 heteroatoms. The van der Waals surface area contributed by atoms with Gasteiger partial charge in [-0.05, 0) is 6.92 Å². The first-order valence-corrected chi connectivity index (χ1v) is 3.65. The molecule has 2 unspecified atom stereocenters. The lowest BCUT2D eigenvalue weighted by Gasteiger charge is -2.17. The van der Waals surface area contributed by atoms with Crippen LogP contribution < -0.4 is 0 Å². The molecule has 0 aliphatic heterocycles. The predicted molar refractivity (Wildman–Crippen MR) is 37.8 cm³/mol. The lowest BCUT2D eigenvalue weighted by molar-refractivity contribution is -0.218. The van der Waals surface area contributed by atoms with Crippen molar-refractivity contribution in [1.82, 2.24) is 0 Å². The number of hydrogen-bond acceptors (Lipinski definition) is 4. The molecule has 2 atom stereocenters. The topological polar surface area (TPSA) is 70.3 Å². The minimum absolute atomic E-state index is 0.151. The molecule has 0 aromatic rings. The van der Waals surface area contributed by atoms with E-state index >= 15 is 0 Å². The fraction of sp³-hybridized carbons (Fsp3) is 0.714. The molecule has 0 fully saturated rings. The highest BCUT2D eigenvalue weighted by atomic mass is 19.4. The first-order chi connectivity index (χ1) is 6.34. The van der Waals surface area contributed by atoms with Gasteiger partial charge in [-0.2, -0.15) is 18.4 Å². The van der Waals surface area contributed by atoms with Gasteiger partial charge in [0.1, 0.15) is 0 Å². The van der Waals surface area contributed by atoms with Crippen LogP contribution in [0.4, 0.5) is 13.2 Å². The van der Waals surface area contributed by atoms with E-state index in [9.17, 15) is 18.0 Å². The first kappa shape index (κ1) is 12.7. The smallest absolute Gasteiger partial charge is 0.416 e. The normalized spacial score (nSPS) is 15.4. The van der Waals surface area contributed by atoms with Gasteiger partial charge in [0.15, 0.2) is 12.0 Å². The van der Waals surface area contributed by atoms with Crippen molar-refractivity contribution >= 4 is 5.97 Å². The molecule has 0 aliphatic carbocycles. The Kier molecular flexibility index (Phi) is 4.37. The Morgan fingerprint density at radius 2 is 2.14 bits per heavy atom. The summed E-state index contributed by atoms with van der Waals surface area (Å²) in [5.74, 6) is -3.60. The molecule has 4 nitrogen and oxygen atoms in total. The van der Waals surface area contributed by atoms with Gasteiger partial charge in [0.05, 0.1) is 12.7 Å². The number of halogens is 3. The molecule has 0 saturated heterocycles. The van der Waals surface area contributed by atoms with Gasteiger partial charge < -0.3 is 9.84 Å². The molecular weight excluding hydrogens is 203 g/mol. The third-order valence-electron chi connectivity index (χ3n) is 1.33. The summed E-state index contributed by atoms with van der Waals surface area (Å²) < 4.78 is 39.8. The van der Waals surface area contributed by atoms with Crippen LogP contribution in [0.1, 0.15) is 6.92 Å². The van der Waals surface area contributed by atoms with Crippen LogP contribution in [-0.4, -0.2) is 30.0 Å². The van der Waals surface area contributed by atoms with E-state index in [-0.39, 0.29) is 6.61 Å². The lowest BCUT2D eigenvalue weighted by Crippen LogP contribution is -2.40. The van der Waals surface area contributed by atoms with E-state index in [1.54, 1.807) is 0 Å². The van der Waals surface area contributed by atoms with Crippen molar-refractivity contribution in [3.63, 3.8) is 0 Å². The van der Waals surface area contributed by atoms with Gasteiger partial charge in [-0.1, -0.05) is 0 Å². The van der Waals surface area contributed by atoms with Gasteiger partial charge in [0.25, 0.3) is 0 Å². The Morgan fingerprint density at radius 1 is 1.64 bits per heavy atom. The summed E-state index contributed by atoms with van der Waals surface area (Å²) in [6, 6.07) is 1.05. The summed E-state index contributed by atoms with van der Waals surface area (Å²) in [7, 11) is 0. The van der Waals surface area contributed by atoms with Gasteiger partial charge >= 0.3 is 12.1 Å². The average Bonchev–Trinajstić information content (AvgIpc) is 2.04. The number of carbonyl (C=O) groups is 1. The largest absolute Gasteiger partial charge is 0.465 e. The van der Waals surface area contributed by atoms with Gasteiger partial charge in [0, 0.05) is 0 Å². The maximum absolute atomic E-state index is 11.9. The summed E-state index contributed by atoms with van der Waals surface area (Å²) in [5, 5.41) is 16.8. The van der Waals surface area contributed by atoms with Gasteiger partial charge in [-0.3, -0.25) is 4.79 Å². The molecule has 0 radical (unpaired) electrons. The standard InChI is InChI=1S/C7H8F3NO3/c1-2-14-6(13)4(3-11)5(12)7(8,9)10/h4-5,12H,2H2,1H3. The number of ether oxygens (including phenoxy) is 1. The highest BCUT2D eigenvalue weighted by molar-refractivity contribution is 5.76. The second kappa shape index (κ2) is 4.81. The quantitative estimate of drug-likeness (QED) is 0.694. The zero-order valence-corrected chi connectivity index (χ0v) is 7.21. The molecule has 14 heavy (non-hydrogen) atoms. The molecule has 0 aromatic heterocycles. The van der Waals surface area contributed by atoms with E-state index in [0.717, 1.165) is 6.07 Å². The summed E-state index contributed by atoms with van der Waals surface area (Å²) in [6.07, 6.45) is -8.01. The maximum atomic E-state index is 11.9. The van der Waals surface area contributed by atoms with Crippen LogP contribution in [0.5, 0.6) is 0 Å². The van der Waals surface area contributed by atoms with Crippen molar-refractivity contribution in [2.75, 3.05) is 6.61 Å². The Labute approximate surface area is 77.9 Å². The molecule has 0 rings (SSSR count). The zero-order chi connectivity index (χ0) is 11.4. The van der Waals surface area contributed by atoms with Gasteiger partial charge in [-0.25, -0.2) is 0 Å². The first-order valence-electron chi connectivity index (χ1n) is 3.65. The van der Waals surface area contributed by atoms with Crippen LogP contribution in [-0.2, 0) is 9.53 Å². The SMILES string of the molecule is CCOC(=O)C(C#N)C(O)C(F)(F)F. The highest BCUT2D eigenvalue weighted by Crippen LogP contribution is 2.25. The summed E-state index contributed by atoms with van der Waals surface area (Å²) >= 11 is 0. The van der Waals surface area contributed by atoms with E-state index in [1.807, 2.05) is 0 Å². The van der Waals surface area contributed by atoms with Crippen LogP contribution in [0.15, 0.2) is 0 Å². The molecule has 0 bridgehead atoms. The number of alkyl halides is 3. The second-order valence-electron chi connectivity index (χ2n) is 2.35. The third-order valence-corrected chi connectivity index (χ3v) is 1.33. The van der Waals surface area contributed by atoms with Gasteiger partial charge in [-0.15, -0.1) is 0 Å². The summed E-state index contributed by atoms with van der Waals surface area (Å²) in [4.78, 5) is 10.8. The van der Waals surface area contributed by atoms with Crippen molar-refractivity contribution in [1.29, 1.82) is 5.26 Å². The molecule has 0 heterocycles. The molecule has 80 valence electrons. The molecule has 0 aliphatic rings. The fourth-order valence-electron chi connectivity index (χ4n) is 0.673. The number of esters is 1. The van der Waals surface area contributed by atoms with E-state index < -0.39 is 24.2 Å². The second-order valence-corrected chi connectivity index (χ2v) is 2.35. The van der Waals surface area contributed by atoms with Crippen molar-refractivity contribution < 1.29 is 27.8 Å². The highest BCUT2D eigenvalue weighted by Gasteiger charge is 2.47. The number of aliphatic hydroxyl groups is 1. The third kappa shape index (κ3) is 3.22. The minimum atomic E-state index is -5.01. The summed E-state index contributed by atoms with van der Waals surface area (Å²) in [5.41, 5.74) is 0. The van der Waals surface area contributed by atoms with Crippen LogP contribution in [0.3, 0.4) is 0 Å². The van der Waals surface area contributed by atoms with Crippen LogP contribution >= 0.6 is 0 Å². The molecular formula is C7H8F3NO3. The van der Waals surface area contributed by atoms with Crippen LogP contribution in [0, 0.1) is 17.2 Å². The number of hydrogen-bond donors (Lipinski definition) is 1. The Morgan fingerprint density at radius 3 is 2.43 bits per heavy atom. The fourth-order valence-corrected chi connectivity index (χ4v) is 0.673. The predicted octanol–water partition coefficient (Wildman–Crippen LogP) is 0.612. The molecule has 0 aromatic carbocycles. The zero-order valence-electron chi connectivity index (χ0n) is 7.21. The Bertz CT molecular complexity index is 246. The minimum Gasteiger partial charge on any atom is -0.465 e. The number of aliphatic hydroxyl groups excluding tert-OH is 1. The van der Waals surface area contributed by atoms with Crippen LogP contribution in [0.2, 0.25) is 0 Å². The van der Waals surface area contributed by atoms with Crippen LogP contribution in [0.25, 0.3) is 0 Å². The van der Waals surface area contributed by atoms with Crippen molar-refractivity contribution in [3.05, 3.63) is 0 Å². The van der Waals surface area contributed by atoms with Crippen molar-refractivity contribution in [2.45, 2.75) is 19.2 Å². The number of rotatable bonds is 3. The number of nitrogens with zero attached hydrogens (tertiary/aromatic N) is 1. The maximum Gasteiger partial charge on any atom is 0.416 e. The summed E-state index contributed by atoms with van der Waals surface area (Å²) in [6.45, 7) is 1.23. The number of nitriles is 1. The lowest BCUT2D eigenvalue weighted by atomic mass is 10.0. The van der Waals surface area contributed by atoms with E-state index in [4.69, 9.17) is 10.4 Å². The van der Waals surface area contributed by atoms with E-state index in [0.29, 0.717) is 0 Å². The Hall–Kier alpha value is -1.29. The molecule has 1 N–H and O–H groups in total. The average molecular weight is 211 g/mol. The monoisotopic (exact) mass is 211 g/mol. The van der Waals surface area contributed by atoms with Crippen molar-refractivity contribution in [2.24, 2.45) is 5.92 Å². The van der Waals surface area contributed by atoms with E-state index in [2.05, 4.69) is 4.74 Å². The van der Waals surface area contributed by atoms with Gasteiger partial charge in [0.2, 0.25) is 0 Å². The molecule has 0 amide bonds. The van der Waals surface area contributed by atoms with Crippen molar-refractivity contribution in [3.8, 4) is 6.07 Å². The number of carbonyl (C=O) groups excluding carboxylic acids is 1. The van der Waals surface area contributed by atoms with E-state index in [1.165, 1.54) is 6.92 Å².